The lowest BCUT2D eigenvalue weighted by molar-refractivity contribution is -0.139. The molecule has 4 nitrogen and oxygen atoms in total. The van der Waals surface area contributed by atoms with Crippen molar-refractivity contribution in [1.29, 1.82) is 0 Å². The highest BCUT2D eigenvalue weighted by molar-refractivity contribution is 5.66. The van der Waals surface area contributed by atoms with Gasteiger partial charge in [-0.15, -0.1) is 0 Å². The van der Waals surface area contributed by atoms with Crippen molar-refractivity contribution in [3.63, 3.8) is 0 Å². The predicted molar refractivity (Wildman–Crippen MR) is 64.8 cm³/mol. The molecule has 0 bridgehead atoms. The van der Waals surface area contributed by atoms with Crippen molar-refractivity contribution in [3.05, 3.63) is 0 Å². The summed E-state index contributed by atoms with van der Waals surface area (Å²) in [7, 11) is 0. The Bertz CT molecular complexity index is 290. The van der Waals surface area contributed by atoms with E-state index in [2.05, 4.69) is 11.8 Å². The van der Waals surface area contributed by atoms with E-state index in [1.54, 1.807) is 0 Å². The van der Waals surface area contributed by atoms with Crippen LogP contribution in [0.2, 0.25) is 0 Å². The summed E-state index contributed by atoms with van der Waals surface area (Å²) in [5, 5.41) is 19.4. The maximum absolute atomic E-state index is 10.7. The van der Waals surface area contributed by atoms with Gasteiger partial charge in [-0.05, 0) is 31.1 Å². The van der Waals surface area contributed by atoms with Crippen LogP contribution in [0.4, 0.5) is 0 Å². The summed E-state index contributed by atoms with van der Waals surface area (Å²) in [6, 6.07) is 0. The molecule has 0 amide bonds. The molecule has 17 heavy (non-hydrogen) atoms. The number of nitrogens with zero attached hydrogens (tertiary/aromatic N) is 1. The molecule has 0 aromatic carbocycles. The summed E-state index contributed by atoms with van der Waals surface area (Å²) in [5.41, 5.74) is -0.488. The molecular weight excluding hydrogens is 218 g/mol. The van der Waals surface area contributed by atoms with Crippen LogP contribution in [0.5, 0.6) is 0 Å². The Morgan fingerprint density at radius 1 is 1.47 bits per heavy atom. The Balaban J connectivity index is 1.86. The minimum atomic E-state index is -0.738. The van der Waals surface area contributed by atoms with Crippen LogP contribution in [-0.2, 0) is 4.79 Å². The number of carboxylic acid groups (broad SMARTS) is 1. The van der Waals surface area contributed by atoms with Gasteiger partial charge in [-0.1, -0.05) is 13.3 Å². The molecule has 1 aliphatic heterocycles. The first-order valence-electron chi connectivity index (χ1n) is 6.69. The second kappa shape index (κ2) is 4.94. The molecule has 4 heteroatoms. The Kier molecular flexibility index (Phi) is 3.73. The molecule has 1 aliphatic carbocycles. The topological polar surface area (TPSA) is 60.8 Å². The summed E-state index contributed by atoms with van der Waals surface area (Å²) < 4.78 is 0. The average molecular weight is 241 g/mol. The molecule has 1 saturated carbocycles. The zero-order chi connectivity index (χ0) is 12.5. The van der Waals surface area contributed by atoms with E-state index in [0.717, 1.165) is 32.4 Å². The van der Waals surface area contributed by atoms with Crippen LogP contribution in [0, 0.1) is 11.8 Å². The molecule has 1 saturated heterocycles. The normalized spacial score (nSPS) is 35.5. The van der Waals surface area contributed by atoms with Crippen LogP contribution < -0.4 is 0 Å². The van der Waals surface area contributed by atoms with Gasteiger partial charge in [0.2, 0.25) is 0 Å². The van der Waals surface area contributed by atoms with Crippen molar-refractivity contribution in [1.82, 2.24) is 4.90 Å². The van der Waals surface area contributed by atoms with Crippen molar-refractivity contribution < 1.29 is 15.0 Å². The van der Waals surface area contributed by atoms with E-state index in [1.165, 1.54) is 6.42 Å². The van der Waals surface area contributed by atoms with Crippen molar-refractivity contribution in [2.45, 2.75) is 44.6 Å². The van der Waals surface area contributed by atoms with Gasteiger partial charge in [-0.3, -0.25) is 4.79 Å². The highest BCUT2D eigenvalue weighted by Gasteiger charge is 2.46. The van der Waals surface area contributed by atoms with Gasteiger partial charge in [0, 0.05) is 19.6 Å². The monoisotopic (exact) mass is 241 g/mol. The van der Waals surface area contributed by atoms with Gasteiger partial charge in [-0.25, -0.2) is 0 Å². The Hall–Kier alpha value is -0.610. The average Bonchev–Trinajstić information content (AvgIpc) is 2.17. The largest absolute Gasteiger partial charge is 0.481 e. The number of carboxylic acids is 1. The van der Waals surface area contributed by atoms with E-state index >= 15 is 0 Å². The van der Waals surface area contributed by atoms with E-state index < -0.39 is 11.6 Å². The first-order valence-corrected chi connectivity index (χ1v) is 6.69. The number of likely N-dealkylation sites (tertiary alicyclic amines) is 1. The minimum Gasteiger partial charge on any atom is -0.481 e. The second-order valence-corrected chi connectivity index (χ2v) is 5.71. The SMILES string of the molecule is C[C@@H]1CN(CCC(=O)O)CC[C@@]1(O)C1CCC1. The molecule has 0 spiro atoms. The Labute approximate surface area is 103 Å². The molecule has 1 heterocycles. The van der Waals surface area contributed by atoms with Crippen LogP contribution in [0.25, 0.3) is 0 Å². The smallest absolute Gasteiger partial charge is 0.304 e. The summed E-state index contributed by atoms with van der Waals surface area (Å²) in [4.78, 5) is 12.7. The quantitative estimate of drug-likeness (QED) is 0.779. The van der Waals surface area contributed by atoms with Crippen molar-refractivity contribution >= 4 is 5.97 Å². The van der Waals surface area contributed by atoms with Gasteiger partial charge in [0.1, 0.15) is 0 Å². The third-order valence-electron chi connectivity index (χ3n) is 4.67. The lowest BCUT2D eigenvalue weighted by atomic mass is 9.65. The number of hydrogen-bond acceptors (Lipinski definition) is 3. The molecule has 98 valence electrons. The first kappa shape index (κ1) is 12.8. The van der Waals surface area contributed by atoms with E-state index in [1.807, 2.05) is 0 Å². The summed E-state index contributed by atoms with van der Waals surface area (Å²) in [5.74, 6) is 0.00644. The van der Waals surface area contributed by atoms with Gasteiger partial charge < -0.3 is 15.1 Å². The zero-order valence-electron chi connectivity index (χ0n) is 10.6. The van der Waals surface area contributed by atoms with Crippen LogP contribution in [-0.4, -0.2) is 46.3 Å². The van der Waals surface area contributed by atoms with E-state index in [9.17, 15) is 9.90 Å². The molecule has 2 N–H and O–H groups in total. The van der Waals surface area contributed by atoms with Gasteiger partial charge in [0.05, 0.1) is 12.0 Å². The highest BCUT2D eigenvalue weighted by atomic mass is 16.4. The summed E-state index contributed by atoms with van der Waals surface area (Å²) in [6.45, 7) is 4.39. The lowest BCUT2D eigenvalue weighted by Crippen LogP contribution is -2.56. The van der Waals surface area contributed by atoms with Gasteiger partial charge in [0.15, 0.2) is 0 Å². The van der Waals surface area contributed by atoms with Crippen molar-refractivity contribution in [2.75, 3.05) is 19.6 Å². The molecule has 0 aromatic heterocycles. The number of aliphatic carboxylic acids is 1. The third kappa shape index (κ3) is 2.63. The van der Waals surface area contributed by atoms with Gasteiger partial charge in [-0.2, -0.15) is 0 Å². The number of carbonyl (C=O) groups is 1. The lowest BCUT2D eigenvalue weighted by Gasteiger charge is -2.50. The van der Waals surface area contributed by atoms with Gasteiger partial charge in [0.25, 0.3) is 0 Å². The van der Waals surface area contributed by atoms with Crippen molar-refractivity contribution in [2.24, 2.45) is 11.8 Å². The maximum Gasteiger partial charge on any atom is 0.304 e. The molecule has 0 unspecified atom stereocenters. The first-order chi connectivity index (χ1) is 8.02. The van der Waals surface area contributed by atoms with Crippen LogP contribution >= 0.6 is 0 Å². The number of aliphatic hydroxyl groups is 1. The van der Waals surface area contributed by atoms with E-state index in [0.29, 0.717) is 12.5 Å². The minimum absolute atomic E-state index is 0.203. The van der Waals surface area contributed by atoms with E-state index in [-0.39, 0.29) is 12.3 Å². The molecule has 0 radical (unpaired) electrons. The standard InChI is InChI=1S/C13H23NO3/c1-10-9-14(7-5-12(15)16)8-6-13(10,17)11-3-2-4-11/h10-11,17H,2-9H2,1H3,(H,15,16)/t10-,13+/m1/s1. The zero-order valence-corrected chi connectivity index (χ0v) is 10.6. The molecule has 0 aromatic rings. The number of piperidine rings is 1. The van der Waals surface area contributed by atoms with Crippen LogP contribution in [0.1, 0.15) is 39.0 Å². The molecule has 2 aliphatic rings. The maximum atomic E-state index is 10.7. The van der Waals surface area contributed by atoms with Crippen molar-refractivity contribution in [3.8, 4) is 0 Å². The highest BCUT2D eigenvalue weighted by Crippen LogP contribution is 2.44. The Morgan fingerprint density at radius 2 is 2.18 bits per heavy atom. The molecule has 2 atom stereocenters. The number of rotatable bonds is 4. The fraction of sp³-hybridized carbons (Fsp3) is 0.923. The fourth-order valence-corrected chi connectivity index (χ4v) is 3.19. The molecule has 2 fully saturated rings. The summed E-state index contributed by atoms with van der Waals surface area (Å²) >= 11 is 0. The molecular formula is C13H23NO3. The number of hydrogen-bond donors (Lipinski definition) is 2. The van der Waals surface area contributed by atoms with E-state index in [4.69, 9.17) is 5.11 Å². The van der Waals surface area contributed by atoms with Crippen LogP contribution in [0.15, 0.2) is 0 Å². The third-order valence-corrected chi connectivity index (χ3v) is 4.67. The van der Waals surface area contributed by atoms with Crippen LogP contribution in [0.3, 0.4) is 0 Å². The fourth-order valence-electron chi connectivity index (χ4n) is 3.19. The Morgan fingerprint density at radius 3 is 2.65 bits per heavy atom. The molecule has 2 rings (SSSR count). The summed E-state index contributed by atoms with van der Waals surface area (Å²) in [6.07, 6.45) is 4.58. The predicted octanol–water partition coefficient (Wildman–Crippen LogP) is 1.33. The second-order valence-electron chi connectivity index (χ2n) is 5.71. The van der Waals surface area contributed by atoms with Gasteiger partial charge >= 0.3 is 5.97 Å².